The molecule has 0 aliphatic rings. The van der Waals surface area contributed by atoms with Crippen LogP contribution in [-0.4, -0.2) is 28.5 Å². The predicted molar refractivity (Wildman–Crippen MR) is 88.6 cm³/mol. The number of nitro groups is 1. The Kier molecular flexibility index (Phi) is 5.67. The monoisotopic (exact) mass is 344 g/mol. The maximum Gasteiger partial charge on any atom is 0.335 e. The largest absolute Gasteiger partial charge is 0.478 e. The number of hydrogen-bond donors (Lipinski definition) is 2. The van der Waals surface area contributed by atoms with E-state index in [4.69, 9.17) is 9.84 Å². The molecule has 0 unspecified atom stereocenters. The number of aryl methyl sites for hydroxylation is 1. The Morgan fingerprint density at radius 3 is 2.48 bits per heavy atom. The molecule has 2 aromatic rings. The highest BCUT2D eigenvalue weighted by Crippen LogP contribution is 2.27. The lowest BCUT2D eigenvalue weighted by Crippen LogP contribution is -2.28. The number of nitro benzene ring substituents is 1. The molecule has 0 atom stereocenters. The van der Waals surface area contributed by atoms with Gasteiger partial charge in [-0.1, -0.05) is 18.2 Å². The fourth-order valence-electron chi connectivity index (χ4n) is 2.05. The zero-order valence-corrected chi connectivity index (χ0v) is 13.4. The molecule has 0 aliphatic carbocycles. The Morgan fingerprint density at radius 2 is 1.88 bits per heavy atom. The van der Waals surface area contributed by atoms with E-state index in [1.165, 1.54) is 24.3 Å². The van der Waals surface area contributed by atoms with Gasteiger partial charge < -0.3 is 15.2 Å². The predicted octanol–water partition coefficient (Wildman–Crippen LogP) is 2.30. The molecule has 0 fully saturated rings. The molecule has 0 spiro atoms. The molecule has 0 radical (unpaired) electrons. The fraction of sp³-hybridized carbons (Fsp3) is 0.176. The molecule has 25 heavy (non-hydrogen) atoms. The van der Waals surface area contributed by atoms with Gasteiger partial charge in [0.05, 0.1) is 10.5 Å². The van der Waals surface area contributed by atoms with Crippen LogP contribution < -0.4 is 10.1 Å². The van der Waals surface area contributed by atoms with Crippen LogP contribution in [0.1, 0.15) is 21.5 Å². The lowest BCUT2D eigenvalue weighted by atomic mass is 10.1. The minimum Gasteiger partial charge on any atom is -0.478 e. The number of carboxylic acids is 1. The van der Waals surface area contributed by atoms with Crippen molar-refractivity contribution < 1.29 is 24.4 Å². The quantitative estimate of drug-likeness (QED) is 0.587. The van der Waals surface area contributed by atoms with E-state index in [2.05, 4.69) is 5.32 Å². The van der Waals surface area contributed by atoms with E-state index in [0.717, 1.165) is 5.56 Å². The van der Waals surface area contributed by atoms with Gasteiger partial charge in [0.15, 0.2) is 12.4 Å². The van der Waals surface area contributed by atoms with Gasteiger partial charge in [-0.15, -0.1) is 0 Å². The lowest BCUT2D eigenvalue weighted by Gasteiger charge is -2.08. The first kappa shape index (κ1) is 17.9. The van der Waals surface area contributed by atoms with Crippen LogP contribution >= 0.6 is 0 Å². The molecule has 0 aliphatic heterocycles. The van der Waals surface area contributed by atoms with Crippen LogP contribution in [0, 0.1) is 17.0 Å². The molecule has 8 nitrogen and oxygen atoms in total. The maximum atomic E-state index is 11.8. The Morgan fingerprint density at radius 1 is 1.20 bits per heavy atom. The third kappa shape index (κ3) is 5.03. The van der Waals surface area contributed by atoms with E-state index in [0.29, 0.717) is 5.56 Å². The van der Waals surface area contributed by atoms with Crippen molar-refractivity contribution in [3.8, 4) is 5.75 Å². The van der Waals surface area contributed by atoms with Crippen molar-refractivity contribution in [3.05, 3.63) is 69.3 Å². The SMILES string of the molecule is Cc1ccc(OCC(=O)NCc2ccc(C(=O)O)cc2)c([N+](=O)[O-])c1. The molecule has 130 valence electrons. The van der Waals surface area contributed by atoms with Crippen molar-refractivity contribution >= 4 is 17.6 Å². The van der Waals surface area contributed by atoms with Gasteiger partial charge in [0.1, 0.15) is 0 Å². The van der Waals surface area contributed by atoms with Crippen LogP contribution in [0.3, 0.4) is 0 Å². The number of ether oxygens (including phenoxy) is 1. The summed E-state index contributed by atoms with van der Waals surface area (Å²) in [5.41, 5.74) is 1.40. The highest BCUT2D eigenvalue weighted by atomic mass is 16.6. The second kappa shape index (κ2) is 7.91. The third-order valence-electron chi connectivity index (χ3n) is 3.36. The number of amides is 1. The van der Waals surface area contributed by atoms with E-state index in [-0.39, 0.29) is 30.2 Å². The minimum absolute atomic E-state index is 0.0246. The van der Waals surface area contributed by atoms with Gasteiger partial charge in [0.25, 0.3) is 5.91 Å². The van der Waals surface area contributed by atoms with Crippen LogP contribution in [0.2, 0.25) is 0 Å². The zero-order chi connectivity index (χ0) is 18.4. The van der Waals surface area contributed by atoms with Crippen LogP contribution in [0.5, 0.6) is 5.75 Å². The molecule has 0 heterocycles. The van der Waals surface area contributed by atoms with Crippen molar-refractivity contribution in [1.82, 2.24) is 5.32 Å². The van der Waals surface area contributed by atoms with Gasteiger partial charge in [-0.3, -0.25) is 14.9 Å². The molecule has 2 rings (SSSR count). The van der Waals surface area contributed by atoms with Crippen molar-refractivity contribution in [2.24, 2.45) is 0 Å². The van der Waals surface area contributed by atoms with Gasteiger partial charge in [0.2, 0.25) is 0 Å². The van der Waals surface area contributed by atoms with Crippen LogP contribution in [0.4, 0.5) is 5.69 Å². The second-order valence-electron chi connectivity index (χ2n) is 5.30. The summed E-state index contributed by atoms with van der Waals surface area (Å²) in [6.45, 7) is 1.55. The molecular formula is C17H16N2O6. The molecule has 0 saturated heterocycles. The molecule has 1 amide bonds. The van der Waals surface area contributed by atoms with Crippen molar-refractivity contribution in [1.29, 1.82) is 0 Å². The van der Waals surface area contributed by atoms with E-state index in [9.17, 15) is 19.7 Å². The summed E-state index contributed by atoms with van der Waals surface area (Å²) in [5.74, 6) is -1.45. The Balaban J connectivity index is 1.89. The molecule has 2 N–H and O–H groups in total. The van der Waals surface area contributed by atoms with Crippen LogP contribution in [0.25, 0.3) is 0 Å². The molecular weight excluding hydrogens is 328 g/mol. The number of nitrogens with one attached hydrogen (secondary N) is 1. The van der Waals surface area contributed by atoms with Gasteiger partial charge >= 0.3 is 11.7 Å². The van der Waals surface area contributed by atoms with Crippen molar-refractivity contribution in [2.45, 2.75) is 13.5 Å². The number of carbonyl (C=O) groups excluding carboxylic acids is 1. The molecule has 0 bridgehead atoms. The highest BCUT2D eigenvalue weighted by molar-refractivity contribution is 5.87. The Hall–Kier alpha value is -3.42. The summed E-state index contributed by atoms with van der Waals surface area (Å²) in [7, 11) is 0. The van der Waals surface area contributed by atoms with E-state index >= 15 is 0 Å². The maximum absolute atomic E-state index is 11.8. The van der Waals surface area contributed by atoms with Crippen molar-refractivity contribution in [2.75, 3.05) is 6.61 Å². The first-order valence-electron chi connectivity index (χ1n) is 7.33. The second-order valence-corrected chi connectivity index (χ2v) is 5.30. The average Bonchev–Trinajstić information content (AvgIpc) is 2.59. The van der Waals surface area contributed by atoms with Gasteiger partial charge in [0, 0.05) is 12.6 Å². The van der Waals surface area contributed by atoms with E-state index in [1.807, 2.05) is 0 Å². The van der Waals surface area contributed by atoms with Gasteiger partial charge in [-0.05, 0) is 36.2 Å². The average molecular weight is 344 g/mol. The fourth-order valence-corrected chi connectivity index (χ4v) is 2.05. The molecule has 2 aromatic carbocycles. The van der Waals surface area contributed by atoms with E-state index in [1.54, 1.807) is 25.1 Å². The summed E-state index contributed by atoms with van der Waals surface area (Å²) in [6.07, 6.45) is 0. The number of rotatable bonds is 7. The summed E-state index contributed by atoms with van der Waals surface area (Å²) in [5, 5.41) is 22.4. The van der Waals surface area contributed by atoms with Gasteiger partial charge in [-0.2, -0.15) is 0 Å². The lowest BCUT2D eigenvalue weighted by molar-refractivity contribution is -0.385. The van der Waals surface area contributed by atoms with Crippen LogP contribution in [-0.2, 0) is 11.3 Å². The molecule has 0 aromatic heterocycles. The van der Waals surface area contributed by atoms with Gasteiger partial charge in [-0.25, -0.2) is 4.79 Å². The number of carboxylic acid groups (broad SMARTS) is 1. The number of aromatic carboxylic acids is 1. The molecule has 0 saturated carbocycles. The number of carbonyl (C=O) groups is 2. The Bertz CT molecular complexity index is 801. The van der Waals surface area contributed by atoms with E-state index < -0.39 is 16.8 Å². The highest BCUT2D eigenvalue weighted by Gasteiger charge is 2.16. The zero-order valence-electron chi connectivity index (χ0n) is 13.4. The summed E-state index contributed by atoms with van der Waals surface area (Å²) < 4.78 is 5.22. The van der Waals surface area contributed by atoms with Crippen molar-refractivity contribution in [3.63, 3.8) is 0 Å². The normalized spacial score (nSPS) is 10.1. The minimum atomic E-state index is -1.02. The summed E-state index contributed by atoms with van der Waals surface area (Å²) in [6, 6.07) is 10.5. The number of hydrogen-bond acceptors (Lipinski definition) is 5. The Labute approximate surface area is 143 Å². The first-order chi connectivity index (χ1) is 11.9. The topological polar surface area (TPSA) is 119 Å². The first-order valence-corrected chi connectivity index (χ1v) is 7.33. The van der Waals surface area contributed by atoms with Crippen LogP contribution in [0.15, 0.2) is 42.5 Å². The number of nitrogens with zero attached hydrogens (tertiary/aromatic N) is 1. The standard InChI is InChI=1S/C17H16N2O6/c1-11-2-7-15(14(8-11)19(23)24)25-10-16(20)18-9-12-3-5-13(6-4-12)17(21)22/h2-8H,9-10H2,1H3,(H,18,20)(H,21,22). The molecule has 8 heteroatoms. The smallest absolute Gasteiger partial charge is 0.335 e. The number of benzene rings is 2. The third-order valence-corrected chi connectivity index (χ3v) is 3.36. The summed E-state index contributed by atoms with van der Waals surface area (Å²) in [4.78, 5) is 33.0. The summed E-state index contributed by atoms with van der Waals surface area (Å²) >= 11 is 0.